The monoisotopic (exact) mass is 471 g/mol. The molecule has 0 atom stereocenters. The highest BCUT2D eigenvalue weighted by Crippen LogP contribution is 2.30. The van der Waals surface area contributed by atoms with Crippen LogP contribution >= 0.6 is 23.1 Å². The number of primary sulfonamides is 1. The highest BCUT2D eigenvalue weighted by molar-refractivity contribution is 7.99. The van der Waals surface area contributed by atoms with Crippen molar-refractivity contribution in [2.45, 2.75) is 10.1 Å². The second-order valence-electron chi connectivity index (χ2n) is 6.36. The van der Waals surface area contributed by atoms with Gasteiger partial charge in [-0.25, -0.2) is 13.6 Å². The van der Waals surface area contributed by atoms with Gasteiger partial charge in [0.1, 0.15) is 0 Å². The SMILES string of the molecule is NS(=O)(=O)c1cccc(NC(=O)CSc2nnc(-c3cccs3)n2-c2ccccc2)c1. The zero-order chi connectivity index (χ0) is 21.8. The second-order valence-corrected chi connectivity index (χ2v) is 9.82. The molecule has 31 heavy (non-hydrogen) atoms. The number of anilines is 1. The van der Waals surface area contributed by atoms with E-state index in [-0.39, 0.29) is 16.6 Å². The number of para-hydroxylation sites is 1. The van der Waals surface area contributed by atoms with E-state index in [1.807, 2.05) is 52.4 Å². The fourth-order valence-corrected chi connectivity index (χ4v) is 4.83. The van der Waals surface area contributed by atoms with Crippen LogP contribution < -0.4 is 10.5 Å². The van der Waals surface area contributed by atoms with Gasteiger partial charge in [0.25, 0.3) is 0 Å². The van der Waals surface area contributed by atoms with Crippen molar-refractivity contribution in [3.05, 3.63) is 72.1 Å². The number of carbonyl (C=O) groups is 1. The number of nitrogens with two attached hydrogens (primary N) is 1. The molecule has 0 bridgehead atoms. The largest absolute Gasteiger partial charge is 0.325 e. The van der Waals surface area contributed by atoms with E-state index in [9.17, 15) is 13.2 Å². The van der Waals surface area contributed by atoms with Crippen molar-refractivity contribution in [1.82, 2.24) is 14.8 Å². The summed E-state index contributed by atoms with van der Waals surface area (Å²) in [5.41, 5.74) is 1.24. The van der Waals surface area contributed by atoms with Crippen molar-refractivity contribution in [3.63, 3.8) is 0 Å². The lowest BCUT2D eigenvalue weighted by Crippen LogP contribution is -2.16. The lowest BCUT2D eigenvalue weighted by Gasteiger charge is -2.10. The Kier molecular flexibility index (Phi) is 6.18. The Morgan fingerprint density at radius 2 is 1.87 bits per heavy atom. The number of carbonyl (C=O) groups excluding carboxylic acids is 1. The van der Waals surface area contributed by atoms with Crippen LogP contribution in [0.5, 0.6) is 0 Å². The molecule has 1 amide bonds. The zero-order valence-corrected chi connectivity index (χ0v) is 18.5. The van der Waals surface area contributed by atoms with Crippen molar-refractivity contribution in [1.29, 1.82) is 0 Å². The third-order valence-corrected chi connectivity index (χ3v) is 6.87. The maximum atomic E-state index is 12.5. The van der Waals surface area contributed by atoms with Crippen molar-refractivity contribution >= 4 is 44.7 Å². The molecule has 158 valence electrons. The number of hydrogen-bond acceptors (Lipinski definition) is 7. The maximum Gasteiger partial charge on any atom is 0.238 e. The average Bonchev–Trinajstić information content (AvgIpc) is 3.42. The quantitative estimate of drug-likeness (QED) is 0.399. The van der Waals surface area contributed by atoms with Crippen LogP contribution in [0, 0.1) is 0 Å². The number of rotatable bonds is 7. The number of hydrogen-bond donors (Lipinski definition) is 2. The van der Waals surface area contributed by atoms with Gasteiger partial charge < -0.3 is 5.32 Å². The van der Waals surface area contributed by atoms with Crippen LogP contribution in [0.3, 0.4) is 0 Å². The third kappa shape index (κ3) is 5.02. The van der Waals surface area contributed by atoms with Crippen LogP contribution in [0.1, 0.15) is 0 Å². The Morgan fingerprint density at radius 3 is 2.58 bits per heavy atom. The number of nitrogens with zero attached hydrogens (tertiary/aromatic N) is 3. The van der Waals surface area contributed by atoms with E-state index < -0.39 is 10.0 Å². The van der Waals surface area contributed by atoms with E-state index in [0.29, 0.717) is 16.7 Å². The Morgan fingerprint density at radius 1 is 1.06 bits per heavy atom. The summed E-state index contributed by atoms with van der Waals surface area (Å²) >= 11 is 2.79. The smallest absolute Gasteiger partial charge is 0.238 e. The number of nitrogens with one attached hydrogen (secondary N) is 1. The van der Waals surface area contributed by atoms with Crippen LogP contribution in [0.4, 0.5) is 5.69 Å². The Hall–Kier alpha value is -2.99. The molecule has 0 fully saturated rings. The van der Waals surface area contributed by atoms with E-state index in [1.165, 1.54) is 30.0 Å². The molecule has 2 aromatic heterocycles. The Balaban J connectivity index is 1.53. The Bertz CT molecular complexity index is 1300. The van der Waals surface area contributed by atoms with Crippen molar-refractivity contribution in [2.75, 3.05) is 11.1 Å². The summed E-state index contributed by atoms with van der Waals surface area (Å²) in [5.74, 6) is 0.455. The lowest BCUT2D eigenvalue weighted by molar-refractivity contribution is -0.113. The molecule has 2 aromatic carbocycles. The first-order chi connectivity index (χ1) is 14.9. The summed E-state index contributed by atoms with van der Waals surface area (Å²) in [6.45, 7) is 0. The molecule has 0 spiro atoms. The molecule has 0 saturated heterocycles. The van der Waals surface area contributed by atoms with Crippen LogP contribution in [-0.2, 0) is 14.8 Å². The first kappa shape index (κ1) is 21.2. The van der Waals surface area contributed by atoms with Gasteiger partial charge >= 0.3 is 0 Å². The number of thioether (sulfide) groups is 1. The predicted octanol–water partition coefficient (Wildman–Crippen LogP) is 3.37. The van der Waals surface area contributed by atoms with Crippen LogP contribution in [-0.4, -0.2) is 34.8 Å². The molecule has 3 N–H and O–H groups in total. The van der Waals surface area contributed by atoms with Crippen LogP contribution in [0.25, 0.3) is 16.4 Å². The fraction of sp³-hybridized carbons (Fsp3) is 0.0500. The van der Waals surface area contributed by atoms with E-state index in [1.54, 1.807) is 17.4 Å². The van der Waals surface area contributed by atoms with E-state index >= 15 is 0 Å². The predicted molar refractivity (Wildman–Crippen MR) is 122 cm³/mol. The molecular weight excluding hydrogens is 454 g/mol. The number of thiophene rings is 1. The number of aromatic nitrogens is 3. The molecule has 11 heteroatoms. The molecule has 4 aromatic rings. The molecule has 4 rings (SSSR count). The molecule has 0 unspecified atom stereocenters. The van der Waals surface area contributed by atoms with Gasteiger partial charge in [0, 0.05) is 11.4 Å². The van der Waals surface area contributed by atoms with Gasteiger partial charge in [0.15, 0.2) is 11.0 Å². The molecule has 0 radical (unpaired) electrons. The lowest BCUT2D eigenvalue weighted by atomic mass is 10.3. The van der Waals surface area contributed by atoms with Gasteiger partial charge in [-0.15, -0.1) is 21.5 Å². The van der Waals surface area contributed by atoms with Gasteiger partial charge in [-0.05, 0) is 41.8 Å². The second kappa shape index (κ2) is 9.02. The van der Waals surface area contributed by atoms with Crippen LogP contribution in [0.2, 0.25) is 0 Å². The van der Waals surface area contributed by atoms with Gasteiger partial charge in [-0.1, -0.05) is 42.1 Å². The van der Waals surface area contributed by atoms with Crippen LogP contribution in [0.15, 0.2) is 82.2 Å². The summed E-state index contributed by atoms with van der Waals surface area (Å²) in [6, 6.07) is 19.4. The first-order valence-corrected chi connectivity index (χ1v) is 12.4. The third-order valence-electron chi connectivity index (χ3n) is 4.17. The number of benzene rings is 2. The molecule has 8 nitrogen and oxygen atoms in total. The summed E-state index contributed by atoms with van der Waals surface area (Å²) in [6.07, 6.45) is 0. The standard InChI is InChI=1S/C20H17N5O3S3/c21-31(27,28)16-9-4-6-14(12-16)22-18(26)13-30-20-24-23-19(17-10-5-11-29-17)25(20)15-7-2-1-3-8-15/h1-12H,13H2,(H,22,26)(H2,21,27,28). The van der Waals surface area contributed by atoms with Gasteiger partial charge in [-0.2, -0.15) is 0 Å². The summed E-state index contributed by atoms with van der Waals surface area (Å²) < 4.78 is 24.9. The van der Waals surface area contributed by atoms with Crippen molar-refractivity contribution in [2.24, 2.45) is 5.14 Å². The maximum absolute atomic E-state index is 12.5. The molecule has 0 saturated carbocycles. The van der Waals surface area contributed by atoms with E-state index in [2.05, 4.69) is 15.5 Å². The van der Waals surface area contributed by atoms with Crippen molar-refractivity contribution < 1.29 is 13.2 Å². The molecule has 0 aliphatic carbocycles. The molecule has 2 heterocycles. The Labute approximate surface area is 187 Å². The average molecular weight is 472 g/mol. The van der Waals surface area contributed by atoms with Crippen molar-refractivity contribution in [3.8, 4) is 16.4 Å². The number of sulfonamides is 1. The minimum atomic E-state index is -3.85. The van der Waals surface area contributed by atoms with Gasteiger partial charge in [0.05, 0.1) is 15.5 Å². The fourth-order valence-electron chi connectivity index (χ4n) is 2.82. The van der Waals surface area contributed by atoms with E-state index in [0.717, 1.165) is 10.6 Å². The minimum Gasteiger partial charge on any atom is -0.325 e. The highest BCUT2D eigenvalue weighted by atomic mass is 32.2. The summed E-state index contributed by atoms with van der Waals surface area (Å²) in [4.78, 5) is 13.4. The van der Waals surface area contributed by atoms with E-state index in [4.69, 9.17) is 5.14 Å². The summed E-state index contributed by atoms with van der Waals surface area (Å²) in [5, 5.41) is 19.0. The highest BCUT2D eigenvalue weighted by Gasteiger charge is 2.18. The molecular formula is C20H17N5O3S3. The van der Waals surface area contributed by atoms with Gasteiger partial charge in [0.2, 0.25) is 15.9 Å². The number of amides is 1. The molecule has 0 aliphatic rings. The summed E-state index contributed by atoms with van der Waals surface area (Å²) in [7, 11) is -3.85. The topological polar surface area (TPSA) is 120 Å². The first-order valence-electron chi connectivity index (χ1n) is 9.02. The zero-order valence-electron chi connectivity index (χ0n) is 16.0. The minimum absolute atomic E-state index is 0.0645. The molecule has 0 aliphatic heterocycles. The van der Waals surface area contributed by atoms with Gasteiger partial charge in [-0.3, -0.25) is 9.36 Å². The normalized spacial score (nSPS) is 11.4.